The first kappa shape index (κ1) is 27.2. The van der Waals surface area contributed by atoms with E-state index in [1.165, 1.54) is 37.1 Å². The van der Waals surface area contributed by atoms with Crippen LogP contribution in [0.5, 0.6) is 11.5 Å². The molecule has 0 saturated carbocycles. The summed E-state index contributed by atoms with van der Waals surface area (Å²) in [5.41, 5.74) is 2.73. The van der Waals surface area contributed by atoms with Crippen LogP contribution in [0, 0.1) is 0 Å². The maximum absolute atomic E-state index is 13.3. The Bertz CT molecular complexity index is 1510. The Kier molecular flexibility index (Phi) is 8.41. The van der Waals surface area contributed by atoms with Gasteiger partial charge >= 0.3 is 0 Å². The number of methoxy groups -OCH3 is 2. The predicted octanol–water partition coefficient (Wildman–Crippen LogP) is 3.09. The molecule has 10 nitrogen and oxygen atoms in total. The maximum atomic E-state index is 13.3. The number of aromatic nitrogens is 1. The lowest BCUT2D eigenvalue weighted by atomic mass is 10.2. The molecule has 1 aromatic carbocycles. The van der Waals surface area contributed by atoms with Crippen molar-refractivity contribution in [1.82, 2.24) is 9.83 Å². The maximum Gasteiger partial charge on any atom is 0.289 e. The summed E-state index contributed by atoms with van der Waals surface area (Å²) in [7, 11) is -5.13. The summed E-state index contributed by atoms with van der Waals surface area (Å²) in [5, 5.41) is 3.95. The van der Waals surface area contributed by atoms with Crippen molar-refractivity contribution in [3.63, 3.8) is 0 Å². The molecule has 0 atom stereocenters. The highest BCUT2D eigenvalue weighted by molar-refractivity contribution is 7.94. The number of hydrazone groups is 1. The van der Waals surface area contributed by atoms with E-state index in [2.05, 4.69) is 10.5 Å². The van der Waals surface area contributed by atoms with Gasteiger partial charge in [0, 0.05) is 6.20 Å². The lowest BCUT2D eigenvalue weighted by molar-refractivity contribution is 0.0945. The number of hydrogen-bond acceptors (Lipinski definition) is 8. The Morgan fingerprint density at radius 2 is 1.58 bits per heavy atom. The first-order chi connectivity index (χ1) is 17.1. The van der Waals surface area contributed by atoms with E-state index in [9.17, 15) is 21.6 Å². The number of ether oxygens (including phenoxy) is 2. The van der Waals surface area contributed by atoms with Gasteiger partial charge < -0.3 is 13.9 Å². The summed E-state index contributed by atoms with van der Waals surface area (Å²) < 4.78 is 64.7. The van der Waals surface area contributed by atoms with E-state index >= 15 is 0 Å². The molecular formula is C24H29N3O7S2. The molecule has 1 amide bonds. The second-order valence-electron chi connectivity index (χ2n) is 7.91. The third-order valence-corrected chi connectivity index (χ3v) is 9.40. The fourth-order valence-electron chi connectivity index (χ4n) is 3.85. The molecule has 194 valence electrons. The summed E-state index contributed by atoms with van der Waals surface area (Å²) in [5.74, 6) is -0.447. The lowest BCUT2D eigenvalue weighted by Crippen LogP contribution is -2.23. The van der Waals surface area contributed by atoms with Gasteiger partial charge in [-0.3, -0.25) is 4.79 Å². The van der Waals surface area contributed by atoms with Gasteiger partial charge in [-0.1, -0.05) is 19.9 Å². The standard InChI is InChI=1S/C24H29N3O7S2/c1-5-13-35(29,30)22-18-9-7-8-12-27(18)21(23(22)36(31,32)14-6-2)24(28)26-25-16-17-10-11-19(33-3)20(15-17)34-4/h7-12,15-16H,5-6,13-14H2,1-4H3,(H,26,28). The van der Waals surface area contributed by atoms with Crippen molar-refractivity contribution in [2.45, 2.75) is 36.5 Å². The van der Waals surface area contributed by atoms with E-state index in [4.69, 9.17) is 9.47 Å². The summed E-state index contributed by atoms with van der Waals surface area (Å²) in [4.78, 5) is 12.4. The molecule has 0 unspecified atom stereocenters. The second kappa shape index (κ2) is 11.1. The first-order valence-electron chi connectivity index (χ1n) is 11.2. The fourth-order valence-corrected chi connectivity index (χ4v) is 7.83. The number of nitrogens with one attached hydrogen (secondary N) is 1. The fraction of sp³-hybridized carbons (Fsp3) is 0.333. The van der Waals surface area contributed by atoms with Crippen LogP contribution in [0.15, 0.2) is 57.5 Å². The number of carbonyl (C=O) groups is 1. The van der Waals surface area contributed by atoms with Crippen LogP contribution in [0.2, 0.25) is 0 Å². The summed E-state index contributed by atoms with van der Waals surface area (Å²) in [6, 6.07) is 9.67. The number of nitrogens with zero attached hydrogens (tertiary/aromatic N) is 2. The van der Waals surface area contributed by atoms with Gasteiger partial charge in [0.05, 0.1) is 37.5 Å². The zero-order valence-corrected chi connectivity index (χ0v) is 22.1. The minimum atomic E-state index is -4.12. The van der Waals surface area contributed by atoms with E-state index < -0.39 is 30.5 Å². The van der Waals surface area contributed by atoms with E-state index in [0.717, 1.165) is 0 Å². The number of sulfone groups is 2. The Balaban J connectivity index is 2.14. The number of hydrogen-bond donors (Lipinski definition) is 1. The molecule has 0 radical (unpaired) electrons. The molecule has 0 aliphatic heterocycles. The van der Waals surface area contributed by atoms with Crippen LogP contribution in [0.4, 0.5) is 0 Å². The third kappa shape index (κ3) is 5.39. The zero-order valence-electron chi connectivity index (χ0n) is 20.5. The van der Waals surface area contributed by atoms with E-state index in [-0.39, 0.29) is 40.5 Å². The number of amides is 1. The van der Waals surface area contributed by atoms with Crippen LogP contribution in [-0.2, 0) is 19.7 Å². The van der Waals surface area contributed by atoms with Crippen LogP contribution in [0.1, 0.15) is 42.7 Å². The number of pyridine rings is 1. The second-order valence-corrected chi connectivity index (χ2v) is 12.0. The van der Waals surface area contributed by atoms with Gasteiger partial charge in [-0.05, 0) is 48.7 Å². The molecule has 36 heavy (non-hydrogen) atoms. The molecular weight excluding hydrogens is 506 g/mol. The molecule has 2 aromatic heterocycles. The Morgan fingerprint density at radius 1 is 0.944 bits per heavy atom. The van der Waals surface area contributed by atoms with Gasteiger partial charge in [0.2, 0.25) is 0 Å². The van der Waals surface area contributed by atoms with Crippen molar-refractivity contribution >= 4 is 37.3 Å². The smallest absolute Gasteiger partial charge is 0.289 e. The molecule has 0 bridgehead atoms. The van der Waals surface area contributed by atoms with Crippen LogP contribution in [-0.4, -0.2) is 59.1 Å². The Labute approximate surface area is 210 Å². The average Bonchev–Trinajstić information content (AvgIpc) is 3.21. The molecule has 3 rings (SSSR count). The van der Waals surface area contributed by atoms with E-state index in [1.54, 1.807) is 44.2 Å². The van der Waals surface area contributed by atoms with Crippen LogP contribution in [0.3, 0.4) is 0 Å². The quantitative estimate of drug-likeness (QED) is 0.295. The normalized spacial score (nSPS) is 12.2. The van der Waals surface area contributed by atoms with E-state index in [0.29, 0.717) is 17.1 Å². The van der Waals surface area contributed by atoms with Crippen LogP contribution in [0.25, 0.3) is 5.52 Å². The first-order valence-corrected chi connectivity index (χ1v) is 14.6. The van der Waals surface area contributed by atoms with E-state index in [1.807, 2.05) is 0 Å². The molecule has 12 heteroatoms. The topological polar surface area (TPSA) is 133 Å². The van der Waals surface area contributed by atoms with Crippen molar-refractivity contribution in [2.75, 3.05) is 25.7 Å². The van der Waals surface area contributed by atoms with Crippen molar-refractivity contribution < 1.29 is 31.1 Å². The number of benzene rings is 1. The Hall–Kier alpha value is -3.38. The van der Waals surface area contributed by atoms with Gasteiger partial charge in [-0.15, -0.1) is 0 Å². The molecule has 0 saturated heterocycles. The zero-order chi connectivity index (χ0) is 26.5. The summed E-state index contributed by atoms with van der Waals surface area (Å²) >= 11 is 0. The van der Waals surface area contributed by atoms with Crippen molar-refractivity contribution in [1.29, 1.82) is 0 Å². The SMILES string of the molecule is CCCS(=O)(=O)c1c(S(=O)(=O)CCC)c2ccccn2c1C(=O)NN=Cc1ccc(OC)c(OC)c1. The highest BCUT2D eigenvalue weighted by atomic mass is 32.2. The molecule has 1 N–H and O–H groups in total. The van der Waals surface area contributed by atoms with Gasteiger partial charge in [0.15, 0.2) is 31.2 Å². The minimum Gasteiger partial charge on any atom is -0.493 e. The monoisotopic (exact) mass is 535 g/mol. The number of fused-ring (bicyclic) bond motifs is 1. The van der Waals surface area contributed by atoms with Gasteiger partial charge in [0.1, 0.15) is 15.5 Å². The van der Waals surface area contributed by atoms with Gasteiger partial charge in [0.25, 0.3) is 5.91 Å². The molecule has 0 aliphatic carbocycles. The molecule has 2 heterocycles. The van der Waals surface area contributed by atoms with Crippen molar-refractivity contribution in [3.05, 3.63) is 53.9 Å². The van der Waals surface area contributed by atoms with Crippen molar-refractivity contribution in [2.24, 2.45) is 5.10 Å². The highest BCUT2D eigenvalue weighted by Gasteiger charge is 2.36. The van der Waals surface area contributed by atoms with Crippen molar-refractivity contribution in [3.8, 4) is 11.5 Å². The van der Waals surface area contributed by atoms with Crippen LogP contribution >= 0.6 is 0 Å². The third-order valence-electron chi connectivity index (χ3n) is 5.32. The number of carbonyl (C=O) groups excluding carboxylic acids is 1. The molecule has 3 aromatic rings. The minimum absolute atomic E-state index is 0.120. The summed E-state index contributed by atoms with van der Waals surface area (Å²) in [6.07, 6.45) is 3.35. The Morgan fingerprint density at radius 3 is 2.19 bits per heavy atom. The number of rotatable bonds is 11. The average molecular weight is 536 g/mol. The van der Waals surface area contributed by atoms with Gasteiger partial charge in [-0.25, -0.2) is 22.3 Å². The molecule has 0 fully saturated rings. The van der Waals surface area contributed by atoms with Gasteiger partial charge in [-0.2, -0.15) is 5.10 Å². The van der Waals surface area contributed by atoms with Crippen LogP contribution < -0.4 is 14.9 Å². The predicted molar refractivity (Wildman–Crippen MR) is 137 cm³/mol. The highest BCUT2D eigenvalue weighted by Crippen LogP contribution is 2.34. The lowest BCUT2D eigenvalue weighted by Gasteiger charge is -2.09. The largest absolute Gasteiger partial charge is 0.493 e. The molecule has 0 aliphatic rings. The summed E-state index contributed by atoms with van der Waals surface area (Å²) in [6.45, 7) is 3.35. The molecule has 0 spiro atoms.